The standard InChI is InChI=1S/C20H28O9/c1-8-13(22)14(23)11-12-15(28-29-17(11,2)3)9(7-21)5-19(26)10(20(8,12)27)6-18(4,25)16(19)24/h6,8-9,11-13,15,21-22,25-27H,5,7H2,1-4H3/t8-,9+,11+,12-,13+,15-,18+,19-,20-/m1/s1. The number of hydrogen-bond acceptors (Lipinski definition) is 9. The van der Waals surface area contributed by atoms with Crippen LogP contribution in [-0.2, 0) is 19.4 Å². The minimum Gasteiger partial charge on any atom is -0.396 e. The van der Waals surface area contributed by atoms with Gasteiger partial charge in [-0.15, -0.1) is 0 Å². The maximum atomic E-state index is 13.1. The number of carbonyl (C=O) groups is 2. The molecule has 9 atom stereocenters. The summed E-state index contributed by atoms with van der Waals surface area (Å²) in [5.41, 5.74) is -7.76. The molecule has 5 N–H and O–H groups in total. The highest BCUT2D eigenvalue weighted by Gasteiger charge is 2.74. The molecule has 0 aromatic carbocycles. The molecule has 1 saturated heterocycles. The van der Waals surface area contributed by atoms with Crippen molar-refractivity contribution in [3.8, 4) is 0 Å². The lowest BCUT2D eigenvalue weighted by Crippen LogP contribution is -2.71. The third-order valence-electron chi connectivity index (χ3n) is 7.50. The minimum atomic E-state index is -2.28. The van der Waals surface area contributed by atoms with Crippen LogP contribution in [-0.4, -0.2) is 78.3 Å². The summed E-state index contributed by atoms with van der Waals surface area (Å²) in [7, 11) is 0. The Kier molecular flexibility index (Phi) is 4.31. The van der Waals surface area contributed by atoms with Crippen LogP contribution in [0.2, 0.25) is 0 Å². The van der Waals surface area contributed by atoms with Crippen molar-refractivity contribution in [2.75, 3.05) is 6.61 Å². The van der Waals surface area contributed by atoms with Crippen LogP contribution in [0.25, 0.3) is 0 Å². The maximum absolute atomic E-state index is 13.1. The molecule has 1 aliphatic heterocycles. The average Bonchev–Trinajstić information content (AvgIpc) is 2.77. The number of hydrogen-bond donors (Lipinski definition) is 5. The van der Waals surface area contributed by atoms with Gasteiger partial charge in [0.05, 0.1) is 5.92 Å². The summed E-state index contributed by atoms with van der Waals surface area (Å²) in [6.45, 7) is 5.33. The Morgan fingerprint density at radius 3 is 2.38 bits per heavy atom. The summed E-state index contributed by atoms with van der Waals surface area (Å²) in [5.74, 6) is -5.49. The van der Waals surface area contributed by atoms with E-state index < -0.39 is 76.5 Å². The number of rotatable bonds is 1. The Morgan fingerprint density at radius 1 is 1.17 bits per heavy atom. The molecule has 4 rings (SSSR count). The van der Waals surface area contributed by atoms with E-state index >= 15 is 0 Å². The van der Waals surface area contributed by atoms with Gasteiger partial charge in [-0.1, -0.05) is 6.92 Å². The van der Waals surface area contributed by atoms with Crippen LogP contribution in [0.3, 0.4) is 0 Å². The molecule has 0 aromatic heterocycles. The Labute approximate surface area is 167 Å². The number of fused-ring (bicyclic) bond motifs is 2. The highest BCUT2D eigenvalue weighted by Crippen LogP contribution is 2.60. The molecule has 0 aromatic rings. The van der Waals surface area contributed by atoms with Gasteiger partial charge in [0.25, 0.3) is 0 Å². The van der Waals surface area contributed by atoms with E-state index in [1.54, 1.807) is 13.8 Å². The van der Waals surface area contributed by atoms with Crippen LogP contribution in [0.1, 0.15) is 34.1 Å². The van der Waals surface area contributed by atoms with E-state index in [1.807, 2.05) is 0 Å². The third kappa shape index (κ3) is 2.40. The molecule has 9 heteroatoms. The first-order chi connectivity index (χ1) is 13.2. The van der Waals surface area contributed by atoms with Gasteiger partial charge in [0.1, 0.15) is 29.0 Å². The van der Waals surface area contributed by atoms with Crippen molar-refractivity contribution >= 4 is 11.6 Å². The first kappa shape index (κ1) is 21.0. The van der Waals surface area contributed by atoms with Crippen LogP contribution in [0.15, 0.2) is 11.6 Å². The zero-order valence-corrected chi connectivity index (χ0v) is 16.8. The fourth-order valence-corrected chi connectivity index (χ4v) is 6.03. The summed E-state index contributed by atoms with van der Waals surface area (Å²) in [5, 5.41) is 54.7. The van der Waals surface area contributed by atoms with E-state index in [4.69, 9.17) is 9.78 Å². The normalized spacial score (nSPS) is 53.8. The summed E-state index contributed by atoms with van der Waals surface area (Å²) in [6, 6.07) is 0. The van der Waals surface area contributed by atoms with Gasteiger partial charge < -0.3 is 25.5 Å². The van der Waals surface area contributed by atoms with Crippen molar-refractivity contribution in [1.29, 1.82) is 0 Å². The lowest BCUT2D eigenvalue weighted by molar-refractivity contribution is -0.444. The number of ketones is 2. The van der Waals surface area contributed by atoms with E-state index in [2.05, 4.69) is 0 Å². The Morgan fingerprint density at radius 2 is 1.79 bits per heavy atom. The van der Waals surface area contributed by atoms with Gasteiger partial charge in [-0.2, -0.15) is 0 Å². The van der Waals surface area contributed by atoms with Gasteiger partial charge in [-0.3, -0.25) is 9.59 Å². The molecular weight excluding hydrogens is 384 g/mol. The summed E-state index contributed by atoms with van der Waals surface area (Å²) >= 11 is 0. The number of aliphatic hydroxyl groups excluding tert-OH is 2. The van der Waals surface area contributed by atoms with E-state index in [0.717, 1.165) is 6.08 Å². The fraction of sp³-hybridized carbons (Fsp3) is 0.800. The van der Waals surface area contributed by atoms with Gasteiger partial charge in [0.2, 0.25) is 5.78 Å². The molecule has 2 saturated carbocycles. The quantitative estimate of drug-likeness (QED) is 0.260. The number of aliphatic hydroxyl groups is 5. The average molecular weight is 412 g/mol. The summed E-state index contributed by atoms with van der Waals surface area (Å²) in [4.78, 5) is 37.0. The minimum absolute atomic E-state index is 0.156. The molecule has 1 heterocycles. The van der Waals surface area contributed by atoms with Crippen LogP contribution in [0, 0.1) is 23.7 Å². The fourth-order valence-electron chi connectivity index (χ4n) is 6.03. The lowest BCUT2D eigenvalue weighted by atomic mass is 9.53. The molecule has 0 bridgehead atoms. The highest BCUT2D eigenvalue weighted by molar-refractivity contribution is 6.03. The monoisotopic (exact) mass is 412 g/mol. The van der Waals surface area contributed by atoms with Gasteiger partial charge >= 0.3 is 0 Å². The van der Waals surface area contributed by atoms with Gasteiger partial charge in [-0.25, -0.2) is 9.78 Å². The molecule has 0 radical (unpaired) electrons. The molecular formula is C20H28O9. The first-order valence-electron chi connectivity index (χ1n) is 9.86. The second-order valence-corrected chi connectivity index (χ2v) is 9.75. The molecule has 0 spiro atoms. The Hall–Kier alpha value is -1.20. The van der Waals surface area contributed by atoms with Crippen molar-refractivity contribution in [2.24, 2.45) is 23.7 Å². The predicted molar refractivity (Wildman–Crippen MR) is 96.0 cm³/mol. The van der Waals surface area contributed by atoms with Gasteiger partial charge in [0, 0.05) is 29.9 Å². The Bertz CT molecular complexity index is 802. The van der Waals surface area contributed by atoms with Crippen LogP contribution in [0.5, 0.6) is 0 Å². The van der Waals surface area contributed by atoms with Crippen molar-refractivity contribution in [1.82, 2.24) is 0 Å². The van der Waals surface area contributed by atoms with Crippen LogP contribution < -0.4 is 0 Å². The topological polar surface area (TPSA) is 154 Å². The van der Waals surface area contributed by atoms with Gasteiger partial charge in [0.15, 0.2) is 11.4 Å². The van der Waals surface area contributed by atoms with Gasteiger partial charge in [-0.05, 0) is 33.3 Å². The molecule has 29 heavy (non-hydrogen) atoms. The summed E-state index contributed by atoms with van der Waals surface area (Å²) < 4.78 is 0. The first-order valence-corrected chi connectivity index (χ1v) is 9.86. The molecule has 3 fully saturated rings. The van der Waals surface area contributed by atoms with E-state index in [9.17, 15) is 35.1 Å². The molecule has 0 amide bonds. The molecule has 0 unspecified atom stereocenters. The lowest BCUT2D eigenvalue weighted by Gasteiger charge is -2.58. The molecule has 4 aliphatic rings. The Balaban J connectivity index is 2.03. The summed E-state index contributed by atoms with van der Waals surface area (Å²) in [6.07, 6.45) is -1.82. The number of carbonyl (C=O) groups excluding carboxylic acids is 2. The van der Waals surface area contributed by atoms with Crippen molar-refractivity contribution in [2.45, 2.75) is 68.7 Å². The third-order valence-corrected chi connectivity index (χ3v) is 7.50. The molecule has 162 valence electrons. The second kappa shape index (κ2) is 5.94. The highest BCUT2D eigenvalue weighted by atomic mass is 17.2. The largest absolute Gasteiger partial charge is 0.396 e. The van der Waals surface area contributed by atoms with E-state index in [1.165, 1.54) is 13.8 Å². The van der Waals surface area contributed by atoms with E-state index in [0.29, 0.717) is 0 Å². The van der Waals surface area contributed by atoms with Crippen molar-refractivity contribution in [3.63, 3.8) is 0 Å². The van der Waals surface area contributed by atoms with Crippen LogP contribution in [0.4, 0.5) is 0 Å². The van der Waals surface area contributed by atoms with Crippen molar-refractivity contribution in [3.05, 3.63) is 11.6 Å². The maximum Gasteiger partial charge on any atom is 0.203 e. The molecule has 3 aliphatic carbocycles. The number of Topliss-reactive ketones (excluding diaryl/α,β-unsaturated/α-hetero) is 2. The van der Waals surface area contributed by atoms with Crippen molar-refractivity contribution < 1.29 is 44.9 Å². The second-order valence-electron chi connectivity index (χ2n) is 9.75. The zero-order chi connectivity index (χ0) is 21.7. The smallest absolute Gasteiger partial charge is 0.203 e. The SMILES string of the molecule is C[C@@H]1[C@H](O)C(=O)[C@@H]2[C@@H]3[C@H](OOC2(C)C)[C@H](CO)C[C@]2(O)C(=O)[C@@](C)(O)C=C2[C@@]31O. The van der Waals surface area contributed by atoms with E-state index in [-0.39, 0.29) is 12.0 Å². The van der Waals surface area contributed by atoms with Crippen LogP contribution >= 0.6 is 0 Å². The predicted octanol–water partition coefficient (Wildman–Crippen LogP) is -1.36. The zero-order valence-electron chi connectivity index (χ0n) is 16.8. The molecule has 9 nitrogen and oxygen atoms in total.